The van der Waals surface area contributed by atoms with Gasteiger partial charge in [0.1, 0.15) is 12.2 Å². The fourth-order valence-electron chi connectivity index (χ4n) is 3.01. The molecule has 0 aliphatic carbocycles. The zero-order valence-electron chi connectivity index (χ0n) is 9.76. The second kappa shape index (κ2) is 3.10. The molecule has 17 heavy (non-hydrogen) atoms. The molecule has 0 amide bonds. The lowest BCUT2D eigenvalue weighted by molar-refractivity contribution is -0.167. The Labute approximate surface area is 98.7 Å². The molecule has 5 heteroatoms. The van der Waals surface area contributed by atoms with Crippen molar-refractivity contribution >= 4 is 11.9 Å². The number of hydrogen-bond donors (Lipinski definition) is 0. The number of hydrogen-bond acceptors (Lipinski definition) is 5. The molecule has 3 rings (SSSR count). The normalized spacial score (nSPS) is 45.9. The highest BCUT2D eigenvalue weighted by Gasteiger charge is 2.72. The first kappa shape index (κ1) is 10.8. The molecule has 0 N–H and O–H groups in total. The number of ether oxygens (including phenoxy) is 3. The van der Waals surface area contributed by atoms with Gasteiger partial charge in [-0.25, -0.2) is 4.79 Å². The maximum Gasteiger partial charge on any atom is 0.333 e. The summed E-state index contributed by atoms with van der Waals surface area (Å²) < 4.78 is 16.4. The summed E-state index contributed by atoms with van der Waals surface area (Å²) in [5, 5.41) is 0. The first-order valence-electron chi connectivity index (χ1n) is 5.68. The van der Waals surface area contributed by atoms with Gasteiger partial charge in [-0.1, -0.05) is 6.58 Å². The van der Waals surface area contributed by atoms with Crippen LogP contribution in [0.15, 0.2) is 12.2 Å². The minimum atomic E-state index is -0.824. The zero-order valence-corrected chi connectivity index (χ0v) is 9.76. The van der Waals surface area contributed by atoms with Crippen LogP contribution in [0.3, 0.4) is 0 Å². The number of esters is 2. The molecule has 2 bridgehead atoms. The molecule has 92 valence electrons. The standard InChI is InChI=1S/C12H14O5/c1-5(2)10(13)16-9-7-4-6-8(15-7)12(9,3)17-11(6)14/h6-9H,1,4H2,2-3H3. The second-order valence-corrected chi connectivity index (χ2v) is 5.15. The first-order valence-corrected chi connectivity index (χ1v) is 5.68. The van der Waals surface area contributed by atoms with Crippen LogP contribution < -0.4 is 0 Å². The molecule has 0 aromatic rings. The molecule has 0 radical (unpaired) electrons. The average molecular weight is 238 g/mol. The van der Waals surface area contributed by atoms with E-state index in [1.165, 1.54) is 0 Å². The quantitative estimate of drug-likeness (QED) is 0.520. The molecule has 3 aliphatic heterocycles. The molecule has 0 spiro atoms. The lowest BCUT2D eigenvalue weighted by Crippen LogP contribution is -2.49. The van der Waals surface area contributed by atoms with E-state index in [1.807, 2.05) is 0 Å². The van der Waals surface area contributed by atoms with Crippen molar-refractivity contribution in [3.8, 4) is 0 Å². The summed E-state index contributed by atoms with van der Waals surface area (Å²) in [7, 11) is 0. The van der Waals surface area contributed by atoms with E-state index in [9.17, 15) is 9.59 Å². The third-order valence-electron chi connectivity index (χ3n) is 3.85. The van der Waals surface area contributed by atoms with Crippen molar-refractivity contribution in [1.29, 1.82) is 0 Å². The van der Waals surface area contributed by atoms with Crippen molar-refractivity contribution in [3.05, 3.63) is 12.2 Å². The number of carbonyl (C=O) groups is 2. The molecule has 5 unspecified atom stereocenters. The molecular formula is C12H14O5. The predicted octanol–water partition coefficient (Wildman–Crippen LogP) is 0.577. The first-order chi connectivity index (χ1) is 7.93. The van der Waals surface area contributed by atoms with Crippen LogP contribution in [0.25, 0.3) is 0 Å². The summed E-state index contributed by atoms with van der Waals surface area (Å²) in [6, 6.07) is 0. The Morgan fingerprint density at radius 1 is 1.59 bits per heavy atom. The lowest BCUT2D eigenvalue weighted by atomic mass is 9.80. The van der Waals surface area contributed by atoms with Gasteiger partial charge < -0.3 is 14.2 Å². The van der Waals surface area contributed by atoms with Gasteiger partial charge in [0.25, 0.3) is 0 Å². The van der Waals surface area contributed by atoms with E-state index in [-0.39, 0.29) is 24.1 Å². The van der Waals surface area contributed by atoms with Gasteiger partial charge in [-0.2, -0.15) is 0 Å². The van der Waals surface area contributed by atoms with Crippen molar-refractivity contribution < 1.29 is 23.8 Å². The molecule has 3 fully saturated rings. The summed E-state index contributed by atoms with van der Waals surface area (Å²) in [6.07, 6.45) is -0.445. The summed E-state index contributed by atoms with van der Waals surface area (Å²) in [4.78, 5) is 23.2. The Balaban J connectivity index is 1.86. The Kier molecular flexibility index (Phi) is 1.96. The van der Waals surface area contributed by atoms with Crippen LogP contribution in [0.5, 0.6) is 0 Å². The van der Waals surface area contributed by atoms with Crippen LogP contribution in [-0.2, 0) is 23.8 Å². The van der Waals surface area contributed by atoms with Crippen LogP contribution in [-0.4, -0.2) is 35.9 Å². The molecule has 3 saturated heterocycles. The van der Waals surface area contributed by atoms with Gasteiger partial charge in [-0.3, -0.25) is 4.79 Å². The van der Waals surface area contributed by atoms with Crippen LogP contribution in [0.2, 0.25) is 0 Å². The van der Waals surface area contributed by atoms with Gasteiger partial charge in [-0.15, -0.1) is 0 Å². The van der Waals surface area contributed by atoms with Crippen molar-refractivity contribution in [2.24, 2.45) is 5.92 Å². The SMILES string of the molecule is C=C(C)C(=O)OC1C2CC3C(=O)OC1(C)C3O2. The van der Waals surface area contributed by atoms with Crippen LogP contribution in [0.1, 0.15) is 20.3 Å². The summed E-state index contributed by atoms with van der Waals surface area (Å²) in [6.45, 7) is 6.89. The predicted molar refractivity (Wildman–Crippen MR) is 56.0 cm³/mol. The fourth-order valence-corrected chi connectivity index (χ4v) is 3.01. The van der Waals surface area contributed by atoms with Crippen molar-refractivity contribution in [2.45, 2.75) is 44.2 Å². The third-order valence-corrected chi connectivity index (χ3v) is 3.85. The molecule has 5 atom stereocenters. The van der Waals surface area contributed by atoms with E-state index >= 15 is 0 Å². The van der Waals surface area contributed by atoms with Gasteiger partial charge in [-0.05, 0) is 20.3 Å². The maximum atomic E-state index is 11.6. The monoisotopic (exact) mass is 238 g/mol. The summed E-state index contributed by atoms with van der Waals surface area (Å²) in [5.74, 6) is -0.898. The van der Waals surface area contributed by atoms with Crippen molar-refractivity contribution in [1.82, 2.24) is 0 Å². The number of rotatable bonds is 2. The Hall–Kier alpha value is -1.36. The van der Waals surface area contributed by atoms with Crippen LogP contribution in [0, 0.1) is 5.92 Å². The van der Waals surface area contributed by atoms with Crippen LogP contribution >= 0.6 is 0 Å². The van der Waals surface area contributed by atoms with E-state index in [0.29, 0.717) is 12.0 Å². The molecule has 0 saturated carbocycles. The van der Waals surface area contributed by atoms with E-state index in [1.54, 1.807) is 13.8 Å². The number of carbonyl (C=O) groups excluding carboxylic acids is 2. The van der Waals surface area contributed by atoms with Crippen LogP contribution in [0.4, 0.5) is 0 Å². The van der Waals surface area contributed by atoms with Gasteiger partial charge in [0.05, 0.1) is 5.92 Å². The van der Waals surface area contributed by atoms with Gasteiger partial charge >= 0.3 is 11.9 Å². The lowest BCUT2D eigenvalue weighted by Gasteiger charge is -2.31. The molecular weight excluding hydrogens is 224 g/mol. The average Bonchev–Trinajstić information content (AvgIpc) is 2.81. The third kappa shape index (κ3) is 1.23. The number of fused-ring (bicyclic) bond motifs is 1. The largest absolute Gasteiger partial charge is 0.452 e. The van der Waals surface area contributed by atoms with E-state index in [0.717, 1.165) is 0 Å². The molecule has 3 heterocycles. The van der Waals surface area contributed by atoms with Gasteiger partial charge in [0.15, 0.2) is 11.7 Å². The molecule has 0 aromatic carbocycles. The highest BCUT2D eigenvalue weighted by atomic mass is 16.7. The van der Waals surface area contributed by atoms with E-state index in [4.69, 9.17) is 14.2 Å². The maximum absolute atomic E-state index is 11.6. The second-order valence-electron chi connectivity index (χ2n) is 5.15. The minimum Gasteiger partial charge on any atom is -0.452 e. The molecule has 5 nitrogen and oxygen atoms in total. The fraction of sp³-hybridized carbons (Fsp3) is 0.667. The Bertz CT molecular complexity index is 429. The smallest absolute Gasteiger partial charge is 0.333 e. The minimum absolute atomic E-state index is 0.190. The highest BCUT2D eigenvalue weighted by molar-refractivity contribution is 5.87. The zero-order chi connectivity index (χ0) is 12.4. The van der Waals surface area contributed by atoms with E-state index < -0.39 is 17.7 Å². The summed E-state index contributed by atoms with van der Waals surface area (Å²) >= 11 is 0. The van der Waals surface area contributed by atoms with Crippen molar-refractivity contribution in [3.63, 3.8) is 0 Å². The highest BCUT2D eigenvalue weighted by Crippen LogP contribution is 2.53. The topological polar surface area (TPSA) is 61.8 Å². The van der Waals surface area contributed by atoms with Crippen molar-refractivity contribution in [2.75, 3.05) is 0 Å². The van der Waals surface area contributed by atoms with E-state index in [2.05, 4.69) is 6.58 Å². The molecule has 0 aromatic heterocycles. The summed E-state index contributed by atoms with van der Waals surface area (Å²) in [5.41, 5.74) is -0.493. The Morgan fingerprint density at radius 2 is 2.29 bits per heavy atom. The molecule has 3 aliphatic rings. The van der Waals surface area contributed by atoms with Gasteiger partial charge in [0, 0.05) is 5.57 Å². The Morgan fingerprint density at radius 3 is 2.94 bits per heavy atom. The van der Waals surface area contributed by atoms with Gasteiger partial charge in [0.2, 0.25) is 0 Å².